The molecule has 1 aliphatic rings. The van der Waals surface area contributed by atoms with E-state index < -0.39 is 19.9 Å². The van der Waals surface area contributed by atoms with Crippen molar-refractivity contribution in [1.82, 2.24) is 0 Å². The highest BCUT2D eigenvalue weighted by atomic mass is 28.4. The Labute approximate surface area is 223 Å². The molecule has 1 fully saturated rings. The molecule has 6 heteroatoms. The molecule has 0 bridgehead atoms. The van der Waals surface area contributed by atoms with Gasteiger partial charge in [-0.3, -0.25) is 4.79 Å². The fraction of sp³-hybridized carbons (Fsp3) is 0.484. The van der Waals surface area contributed by atoms with E-state index in [0.29, 0.717) is 12.8 Å². The number of rotatable bonds is 9. The van der Waals surface area contributed by atoms with E-state index in [4.69, 9.17) is 13.9 Å². The summed E-state index contributed by atoms with van der Waals surface area (Å²) in [6.07, 6.45) is 4.27. The molecule has 1 saturated heterocycles. The monoisotopic (exact) mass is 522 g/mol. The molecule has 0 radical (unpaired) electrons. The highest BCUT2D eigenvalue weighted by Gasteiger charge is 2.53. The molecule has 0 aliphatic carbocycles. The molecule has 0 N–H and O–H groups in total. The van der Waals surface area contributed by atoms with Crippen molar-refractivity contribution in [3.8, 4) is 0 Å². The van der Waals surface area contributed by atoms with Crippen LogP contribution in [-0.2, 0) is 23.5 Å². The van der Waals surface area contributed by atoms with Gasteiger partial charge in [-0.2, -0.15) is 0 Å². The van der Waals surface area contributed by atoms with Crippen molar-refractivity contribution >= 4 is 30.6 Å². The van der Waals surface area contributed by atoms with Gasteiger partial charge in [-0.15, -0.1) is 0 Å². The Morgan fingerprint density at radius 3 is 2.00 bits per heavy atom. The van der Waals surface area contributed by atoms with Crippen LogP contribution in [-0.4, -0.2) is 38.1 Å². The quantitative estimate of drug-likeness (QED) is 0.245. The second kappa shape index (κ2) is 11.8. The summed E-state index contributed by atoms with van der Waals surface area (Å²) in [5.41, 5.74) is -0.550. The third kappa shape index (κ3) is 6.99. The first-order valence-corrected chi connectivity index (χ1v) is 15.2. The number of esters is 2. The van der Waals surface area contributed by atoms with Gasteiger partial charge in [-0.05, 0) is 49.0 Å². The number of cyclic esters (lactones) is 1. The summed E-state index contributed by atoms with van der Waals surface area (Å²) >= 11 is 0. The second-order valence-electron chi connectivity index (χ2n) is 11.8. The van der Waals surface area contributed by atoms with E-state index in [1.807, 2.05) is 32.9 Å². The maximum Gasteiger partial charge on any atom is 0.330 e. The van der Waals surface area contributed by atoms with Gasteiger partial charge < -0.3 is 13.9 Å². The Balaban J connectivity index is 1.85. The average Bonchev–Trinajstić information content (AvgIpc) is 3.19. The molecule has 200 valence electrons. The molecule has 1 heterocycles. The van der Waals surface area contributed by atoms with Crippen molar-refractivity contribution in [3.63, 3.8) is 0 Å². The smallest absolute Gasteiger partial charge is 0.330 e. The Morgan fingerprint density at radius 2 is 1.54 bits per heavy atom. The first kappa shape index (κ1) is 28.9. The summed E-state index contributed by atoms with van der Waals surface area (Å²) in [5, 5.41) is 2.24. The van der Waals surface area contributed by atoms with Crippen LogP contribution in [0.4, 0.5) is 0 Å². The predicted molar refractivity (Wildman–Crippen MR) is 150 cm³/mol. The summed E-state index contributed by atoms with van der Waals surface area (Å²) in [4.78, 5) is 24.8. The number of carbonyl (C=O) groups is 2. The maximum atomic E-state index is 12.8. The molecule has 5 nitrogen and oxygen atoms in total. The van der Waals surface area contributed by atoms with Crippen LogP contribution >= 0.6 is 0 Å². The number of benzene rings is 2. The van der Waals surface area contributed by atoms with Gasteiger partial charge in [0, 0.05) is 12.5 Å². The van der Waals surface area contributed by atoms with Crippen LogP contribution in [0.25, 0.3) is 0 Å². The van der Waals surface area contributed by atoms with Gasteiger partial charge in [-0.1, -0.05) is 94.4 Å². The van der Waals surface area contributed by atoms with Gasteiger partial charge in [-0.25, -0.2) is 4.79 Å². The number of ether oxygens (including phenoxy) is 2. The Hall–Kier alpha value is -2.70. The van der Waals surface area contributed by atoms with Gasteiger partial charge in [0.2, 0.25) is 0 Å². The fourth-order valence-corrected chi connectivity index (χ4v) is 9.88. The van der Waals surface area contributed by atoms with E-state index in [1.54, 1.807) is 6.08 Å². The number of hydrogen-bond donors (Lipinski definition) is 0. The standard InChI is InChI=1S/C31H42O5Si/c1-8-26(27-22-23(29(33)34-27)16-15-21-28(32)35-30(2,3)4)36-37(31(5,6)7,24-17-11-9-12-18-24)25-19-13-10-14-20-25/h9-15,17-21,23,26-27H,8,16,22H2,1-7H3/b21-15+/t23-,26+,27+/m0/s1. The minimum atomic E-state index is -2.77. The number of carbonyl (C=O) groups excluding carboxylic acids is 2. The van der Waals surface area contributed by atoms with Crippen LogP contribution in [0, 0.1) is 5.92 Å². The van der Waals surface area contributed by atoms with Crippen LogP contribution in [0.3, 0.4) is 0 Å². The SMILES string of the molecule is CC[C@@H](O[Si](c1ccccc1)(c1ccccc1)C(C)(C)C)[C@H]1C[C@H](C/C=C/C(=O)OC(C)(C)C)C(=O)O1. The minimum Gasteiger partial charge on any atom is -0.459 e. The van der Waals surface area contributed by atoms with E-state index in [9.17, 15) is 9.59 Å². The van der Waals surface area contributed by atoms with Crippen LogP contribution in [0.2, 0.25) is 5.04 Å². The van der Waals surface area contributed by atoms with E-state index >= 15 is 0 Å². The first-order chi connectivity index (χ1) is 17.4. The van der Waals surface area contributed by atoms with E-state index in [1.165, 1.54) is 16.4 Å². The summed E-state index contributed by atoms with van der Waals surface area (Å²) in [6.45, 7) is 14.3. The second-order valence-corrected chi connectivity index (χ2v) is 16.1. The first-order valence-electron chi connectivity index (χ1n) is 13.3. The lowest BCUT2D eigenvalue weighted by Gasteiger charge is -2.45. The molecular weight excluding hydrogens is 480 g/mol. The zero-order chi connectivity index (χ0) is 27.3. The van der Waals surface area contributed by atoms with Crippen molar-refractivity contribution in [2.24, 2.45) is 5.92 Å². The topological polar surface area (TPSA) is 61.8 Å². The van der Waals surface area contributed by atoms with Crippen molar-refractivity contribution < 1.29 is 23.5 Å². The Bertz CT molecular complexity index is 1030. The molecule has 0 amide bonds. The zero-order valence-electron chi connectivity index (χ0n) is 23.3. The molecular formula is C31H42O5Si. The van der Waals surface area contributed by atoms with E-state index in [2.05, 4.69) is 76.2 Å². The van der Waals surface area contributed by atoms with E-state index in [0.717, 1.165) is 6.42 Å². The lowest BCUT2D eigenvalue weighted by atomic mass is 9.98. The fourth-order valence-electron chi connectivity index (χ4n) is 5.10. The van der Waals surface area contributed by atoms with Crippen molar-refractivity contribution in [1.29, 1.82) is 0 Å². The molecule has 2 aromatic rings. The van der Waals surface area contributed by atoms with Crippen molar-refractivity contribution in [2.45, 2.75) is 90.6 Å². The van der Waals surface area contributed by atoms with Gasteiger partial charge in [0.15, 0.2) is 0 Å². The van der Waals surface area contributed by atoms with Gasteiger partial charge in [0.1, 0.15) is 11.7 Å². The summed E-state index contributed by atoms with van der Waals surface area (Å²) in [5.74, 6) is -0.944. The molecule has 37 heavy (non-hydrogen) atoms. The third-order valence-electron chi connectivity index (χ3n) is 6.76. The summed E-state index contributed by atoms with van der Waals surface area (Å²) in [6, 6.07) is 21.0. The molecule has 3 atom stereocenters. The average molecular weight is 523 g/mol. The summed E-state index contributed by atoms with van der Waals surface area (Å²) in [7, 11) is -2.77. The van der Waals surface area contributed by atoms with Gasteiger partial charge in [0.05, 0.1) is 12.0 Å². The predicted octanol–water partition coefficient (Wildman–Crippen LogP) is 5.56. The van der Waals surface area contributed by atoms with Crippen LogP contribution < -0.4 is 10.4 Å². The minimum absolute atomic E-state index is 0.165. The number of hydrogen-bond acceptors (Lipinski definition) is 5. The third-order valence-corrected chi connectivity index (χ3v) is 11.8. The molecule has 2 aromatic carbocycles. The Kier molecular flexibility index (Phi) is 9.19. The van der Waals surface area contributed by atoms with Crippen LogP contribution in [0.1, 0.15) is 67.7 Å². The summed E-state index contributed by atoms with van der Waals surface area (Å²) < 4.78 is 18.5. The lowest BCUT2D eigenvalue weighted by molar-refractivity contribution is -0.149. The van der Waals surface area contributed by atoms with Gasteiger partial charge >= 0.3 is 11.9 Å². The highest BCUT2D eigenvalue weighted by Crippen LogP contribution is 2.39. The highest BCUT2D eigenvalue weighted by molar-refractivity contribution is 6.99. The normalized spacial score (nSPS) is 19.6. The molecule has 1 aliphatic heterocycles. The zero-order valence-corrected chi connectivity index (χ0v) is 24.3. The van der Waals surface area contributed by atoms with Crippen molar-refractivity contribution in [2.75, 3.05) is 0 Å². The van der Waals surface area contributed by atoms with Crippen LogP contribution in [0.5, 0.6) is 0 Å². The molecule has 0 saturated carbocycles. The maximum absolute atomic E-state index is 12.8. The lowest BCUT2D eigenvalue weighted by Crippen LogP contribution is -2.68. The van der Waals surface area contributed by atoms with Crippen molar-refractivity contribution in [3.05, 3.63) is 72.8 Å². The van der Waals surface area contributed by atoms with Gasteiger partial charge in [0.25, 0.3) is 8.32 Å². The number of allylic oxidation sites excluding steroid dienone is 1. The molecule has 0 unspecified atom stereocenters. The Morgan fingerprint density at radius 1 is 1.00 bits per heavy atom. The van der Waals surface area contributed by atoms with Crippen LogP contribution in [0.15, 0.2) is 72.8 Å². The molecule has 0 aromatic heterocycles. The molecule has 0 spiro atoms. The molecule has 3 rings (SSSR count). The largest absolute Gasteiger partial charge is 0.459 e. The van der Waals surface area contributed by atoms with E-state index in [-0.39, 0.29) is 29.1 Å².